The van der Waals surface area contributed by atoms with Crippen LogP contribution in [0.3, 0.4) is 0 Å². The van der Waals surface area contributed by atoms with Crippen LogP contribution in [0.5, 0.6) is 0 Å². The summed E-state index contributed by atoms with van der Waals surface area (Å²) in [5, 5.41) is 15.8. The SMILES string of the molecule is CC(C)CC(C)(O)CNC(C)c1cnc2ccsc2c1. The summed E-state index contributed by atoms with van der Waals surface area (Å²) in [6.45, 7) is 8.86. The summed E-state index contributed by atoms with van der Waals surface area (Å²) < 4.78 is 1.21. The summed E-state index contributed by atoms with van der Waals surface area (Å²) in [7, 11) is 0. The number of fused-ring (bicyclic) bond motifs is 1. The summed E-state index contributed by atoms with van der Waals surface area (Å²) >= 11 is 1.71. The third-order valence-corrected chi connectivity index (χ3v) is 4.31. The summed E-state index contributed by atoms with van der Waals surface area (Å²) in [4.78, 5) is 4.46. The van der Waals surface area contributed by atoms with E-state index in [2.05, 4.69) is 42.5 Å². The molecular formula is C16H24N2OS. The van der Waals surface area contributed by atoms with Gasteiger partial charge in [-0.1, -0.05) is 13.8 Å². The quantitative estimate of drug-likeness (QED) is 0.852. The molecule has 0 bridgehead atoms. The third-order valence-electron chi connectivity index (χ3n) is 3.46. The van der Waals surface area contributed by atoms with E-state index in [1.165, 1.54) is 10.3 Å². The zero-order valence-electron chi connectivity index (χ0n) is 12.7. The van der Waals surface area contributed by atoms with E-state index in [0.717, 1.165) is 11.9 Å². The molecule has 4 heteroatoms. The van der Waals surface area contributed by atoms with E-state index < -0.39 is 5.60 Å². The molecule has 0 saturated carbocycles. The molecule has 3 nitrogen and oxygen atoms in total. The number of hydrogen-bond donors (Lipinski definition) is 2. The van der Waals surface area contributed by atoms with Crippen LogP contribution < -0.4 is 5.32 Å². The highest BCUT2D eigenvalue weighted by molar-refractivity contribution is 7.17. The Morgan fingerprint density at radius 3 is 2.85 bits per heavy atom. The molecule has 2 atom stereocenters. The highest BCUT2D eigenvalue weighted by Gasteiger charge is 2.22. The third kappa shape index (κ3) is 4.01. The molecule has 0 aliphatic carbocycles. The van der Waals surface area contributed by atoms with Crippen LogP contribution >= 0.6 is 11.3 Å². The van der Waals surface area contributed by atoms with Gasteiger partial charge < -0.3 is 10.4 Å². The fourth-order valence-corrected chi connectivity index (χ4v) is 3.33. The van der Waals surface area contributed by atoms with E-state index in [4.69, 9.17) is 0 Å². The van der Waals surface area contributed by atoms with Crippen molar-refractivity contribution >= 4 is 21.6 Å². The Morgan fingerprint density at radius 2 is 2.15 bits per heavy atom. The van der Waals surface area contributed by atoms with Gasteiger partial charge in [0.05, 0.1) is 15.8 Å². The summed E-state index contributed by atoms with van der Waals surface area (Å²) in [6.07, 6.45) is 2.72. The van der Waals surface area contributed by atoms with Crippen LogP contribution in [0.25, 0.3) is 10.2 Å². The Bertz CT molecular complexity index is 562. The van der Waals surface area contributed by atoms with E-state index >= 15 is 0 Å². The number of nitrogens with zero attached hydrogens (tertiary/aromatic N) is 1. The monoisotopic (exact) mass is 292 g/mol. The van der Waals surface area contributed by atoms with Crippen molar-refractivity contribution in [1.29, 1.82) is 0 Å². The lowest BCUT2D eigenvalue weighted by Gasteiger charge is -2.27. The minimum absolute atomic E-state index is 0.188. The molecule has 0 radical (unpaired) electrons. The van der Waals surface area contributed by atoms with E-state index in [1.54, 1.807) is 11.3 Å². The van der Waals surface area contributed by atoms with Crippen molar-refractivity contribution in [3.05, 3.63) is 29.3 Å². The first-order valence-corrected chi connectivity index (χ1v) is 8.04. The fourth-order valence-electron chi connectivity index (χ4n) is 2.54. The van der Waals surface area contributed by atoms with E-state index in [-0.39, 0.29) is 6.04 Å². The highest BCUT2D eigenvalue weighted by atomic mass is 32.1. The van der Waals surface area contributed by atoms with E-state index in [9.17, 15) is 5.11 Å². The van der Waals surface area contributed by atoms with Crippen molar-refractivity contribution in [1.82, 2.24) is 10.3 Å². The van der Waals surface area contributed by atoms with Crippen LogP contribution in [0.15, 0.2) is 23.7 Å². The molecule has 2 N–H and O–H groups in total. The van der Waals surface area contributed by atoms with Gasteiger partial charge in [0.15, 0.2) is 0 Å². The van der Waals surface area contributed by atoms with E-state index in [0.29, 0.717) is 12.5 Å². The highest BCUT2D eigenvalue weighted by Crippen LogP contribution is 2.23. The second kappa shape index (κ2) is 6.20. The van der Waals surface area contributed by atoms with Crippen molar-refractivity contribution in [3.8, 4) is 0 Å². The van der Waals surface area contributed by atoms with Crippen LogP contribution in [0.2, 0.25) is 0 Å². The molecule has 110 valence electrons. The van der Waals surface area contributed by atoms with Gasteiger partial charge in [-0.2, -0.15) is 0 Å². The van der Waals surface area contributed by atoms with Gasteiger partial charge in [-0.05, 0) is 49.3 Å². The predicted octanol–water partition coefficient (Wildman–Crippen LogP) is 3.74. The number of pyridine rings is 1. The number of hydrogen-bond acceptors (Lipinski definition) is 4. The van der Waals surface area contributed by atoms with Gasteiger partial charge >= 0.3 is 0 Å². The molecule has 0 saturated heterocycles. The molecule has 0 spiro atoms. The van der Waals surface area contributed by atoms with E-state index in [1.807, 2.05) is 19.2 Å². The van der Waals surface area contributed by atoms with Crippen molar-refractivity contribution in [2.24, 2.45) is 5.92 Å². The average Bonchev–Trinajstić information content (AvgIpc) is 2.81. The Morgan fingerprint density at radius 1 is 1.40 bits per heavy atom. The van der Waals surface area contributed by atoms with Crippen molar-refractivity contribution in [2.75, 3.05) is 6.54 Å². The Labute approximate surface area is 125 Å². The van der Waals surface area contributed by atoms with Crippen molar-refractivity contribution in [3.63, 3.8) is 0 Å². The zero-order chi connectivity index (χ0) is 14.8. The topological polar surface area (TPSA) is 45.1 Å². The van der Waals surface area contributed by atoms with Crippen LogP contribution in [0.1, 0.15) is 45.7 Å². The maximum atomic E-state index is 10.3. The lowest BCUT2D eigenvalue weighted by Crippen LogP contribution is -2.39. The Hall–Kier alpha value is -0.970. The fraction of sp³-hybridized carbons (Fsp3) is 0.562. The number of aromatic nitrogens is 1. The maximum absolute atomic E-state index is 10.3. The van der Waals surface area contributed by atoms with Crippen LogP contribution in [-0.4, -0.2) is 22.2 Å². The second-order valence-electron chi connectivity index (χ2n) is 6.27. The number of thiophene rings is 1. The first-order chi connectivity index (χ1) is 9.37. The van der Waals surface area contributed by atoms with Gasteiger partial charge in [0, 0.05) is 18.8 Å². The predicted molar refractivity (Wildman–Crippen MR) is 86.1 cm³/mol. The summed E-state index contributed by atoms with van der Waals surface area (Å²) in [6, 6.07) is 4.41. The molecule has 0 amide bonds. The number of aliphatic hydroxyl groups is 1. The number of rotatable bonds is 6. The van der Waals surface area contributed by atoms with Crippen molar-refractivity contribution < 1.29 is 5.11 Å². The Kier molecular flexibility index (Phi) is 4.78. The molecule has 20 heavy (non-hydrogen) atoms. The Balaban J connectivity index is 1.99. The van der Waals surface area contributed by atoms with Crippen LogP contribution in [0, 0.1) is 5.92 Å². The first-order valence-electron chi connectivity index (χ1n) is 7.16. The standard InChI is InChI=1S/C16H24N2OS/c1-11(2)8-16(4,19)10-18-12(3)13-7-15-14(17-9-13)5-6-20-15/h5-7,9,11-12,18-19H,8,10H2,1-4H3. The summed E-state index contributed by atoms with van der Waals surface area (Å²) in [5.41, 5.74) is 1.56. The largest absolute Gasteiger partial charge is 0.389 e. The van der Waals surface area contributed by atoms with Gasteiger partial charge in [0.25, 0.3) is 0 Å². The lowest BCUT2D eigenvalue weighted by molar-refractivity contribution is 0.0363. The molecule has 2 rings (SSSR count). The molecule has 0 aromatic carbocycles. The molecule has 0 aliphatic rings. The summed E-state index contributed by atoms with van der Waals surface area (Å²) in [5.74, 6) is 0.492. The van der Waals surface area contributed by atoms with Crippen LogP contribution in [-0.2, 0) is 0 Å². The zero-order valence-corrected chi connectivity index (χ0v) is 13.5. The van der Waals surface area contributed by atoms with Gasteiger partial charge in [-0.25, -0.2) is 0 Å². The van der Waals surface area contributed by atoms with Gasteiger partial charge in [-0.3, -0.25) is 4.98 Å². The molecule has 2 heterocycles. The molecular weight excluding hydrogens is 268 g/mol. The van der Waals surface area contributed by atoms with Gasteiger partial charge in [0.1, 0.15) is 0 Å². The first kappa shape index (κ1) is 15.4. The normalized spacial score (nSPS) is 16.5. The molecule has 2 aromatic rings. The molecule has 0 aliphatic heterocycles. The van der Waals surface area contributed by atoms with Crippen LogP contribution in [0.4, 0.5) is 0 Å². The van der Waals surface area contributed by atoms with Gasteiger partial charge in [0.2, 0.25) is 0 Å². The molecule has 0 fully saturated rings. The maximum Gasteiger partial charge on any atom is 0.0809 e. The van der Waals surface area contributed by atoms with Gasteiger partial charge in [-0.15, -0.1) is 11.3 Å². The number of nitrogens with one attached hydrogen (secondary N) is 1. The minimum Gasteiger partial charge on any atom is -0.389 e. The average molecular weight is 292 g/mol. The minimum atomic E-state index is -0.664. The molecule has 2 aromatic heterocycles. The smallest absolute Gasteiger partial charge is 0.0809 e. The van der Waals surface area contributed by atoms with Crippen molar-refractivity contribution in [2.45, 2.75) is 45.8 Å². The lowest BCUT2D eigenvalue weighted by atomic mass is 9.94. The second-order valence-corrected chi connectivity index (χ2v) is 7.22. The molecule has 2 unspecified atom stereocenters.